The van der Waals surface area contributed by atoms with Gasteiger partial charge in [-0.2, -0.15) is 0 Å². The molecular weight excluding hydrogens is 198 g/mol. The van der Waals surface area contributed by atoms with Gasteiger partial charge in [0, 0.05) is 31.9 Å². The van der Waals surface area contributed by atoms with Gasteiger partial charge in [0.1, 0.15) is 0 Å². The van der Waals surface area contributed by atoms with Crippen molar-refractivity contribution in [3.8, 4) is 0 Å². The molecule has 1 heterocycles. The van der Waals surface area contributed by atoms with Crippen LogP contribution in [0.2, 0.25) is 0 Å². The normalized spacial score (nSPS) is 10.1. The van der Waals surface area contributed by atoms with Crippen LogP contribution in [-0.2, 0) is 17.8 Å². The van der Waals surface area contributed by atoms with Crippen molar-refractivity contribution in [2.24, 2.45) is 0 Å². The van der Waals surface area contributed by atoms with Gasteiger partial charge < -0.3 is 14.9 Å². The van der Waals surface area contributed by atoms with Crippen molar-refractivity contribution in [3.63, 3.8) is 0 Å². The predicted molar refractivity (Wildman–Crippen MR) is 57.7 cm³/mol. The maximum Gasteiger partial charge on any atom is 0.216 e. The highest BCUT2D eigenvalue weighted by Gasteiger charge is 2.01. The first-order valence-corrected chi connectivity index (χ1v) is 5.07. The van der Waals surface area contributed by atoms with Crippen LogP contribution in [0, 0.1) is 4.77 Å². The van der Waals surface area contributed by atoms with E-state index in [0.717, 1.165) is 13.0 Å². The van der Waals surface area contributed by atoms with Crippen molar-refractivity contribution in [2.45, 2.75) is 26.8 Å². The standard InChI is InChI=1S/C9H15N3OS/c1-3-8-6-11-9(14)12(8)5-4-10-7(2)13/h6H,3-5H2,1-2H3,(H,10,13)(H,11,14). The van der Waals surface area contributed by atoms with Crippen molar-refractivity contribution in [1.29, 1.82) is 0 Å². The number of aromatic amines is 1. The first-order valence-electron chi connectivity index (χ1n) is 4.66. The third-order valence-corrected chi connectivity index (χ3v) is 2.36. The van der Waals surface area contributed by atoms with Gasteiger partial charge in [-0.25, -0.2) is 0 Å². The minimum absolute atomic E-state index is 0.00916. The smallest absolute Gasteiger partial charge is 0.216 e. The number of hydrogen-bond donors (Lipinski definition) is 2. The SMILES string of the molecule is CCc1c[nH]c(=S)n1CCNC(C)=O. The lowest BCUT2D eigenvalue weighted by Crippen LogP contribution is -2.25. The molecule has 0 saturated carbocycles. The summed E-state index contributed by atoms with van der Waals surface area (Å²) in [6.07, 6.45) is 2.85. The van der Waals surface area contributed by atoms with Gasteiger partial charge in [-0.15, -0.1) is 0 Å². The van der Waals surface area contributed by atoms with Gasteiger partial charge >= 0.3 is 0 Å². The lowest BCUT2D eigenvalue weighted by Gasteiger charge is -2.06. The molecule has 0 atom stereocenters. The number of aryl methyl sites for hydroxylation is 1. The number of carbonyl (C=O) groups is 1. The number of amides is 1. The molecule has 78 valence electrons. The highest BCUT2D eigenvalue weighted by molar-refractivity contribution is 7.71. The minimum atomic E-state index is -0.00916. The first kappa shape index (κ1) is 11.0. The highest BCUT2D eigenvalue weighted by atomic mass is 32.1. The van der Waals surface area contributed by atoms with Crippen LogP contribution in [0.15, 0.2) is 6.20 Å². The Kier molecular flexibility index (Phi) is 3.88. The second-order valence-electron chi connectivity index (χ2n) is 3.07. The summed E-state index contributed by atoms with van der Waals surface area (Å²) < 4.78 is 2.72. The van der Waals surface area contributed by atoms with Crippen molar-refractivity contribution in [3.05, 3.63) is 16.7 Å². The second kappa shape index (κ2) is 4.95. The minimum Gasteiger partial charge on any atom is -0.355 e. The van der Waals surface area contributed by atoms with Gasteiger partial charge in [-0.1, -0.05) is 6.92 Å². The van der Waals surface area contributed by atoms with Crippen LogP contribution in [0.1, 0.15) is 19.5 Å². The maximum absolute atomic E-state index is 10.7. The van der Waals surface area contributed by atoms with Crippen LogP contribution in [-0.4, -0.2) is 22.0 Å². The summed E-state index contributed by atoms with van der Waals surface area (Å²) in [5.41, 5.74) is 1.17. The Bertz CT molecular complexity index is 366. The molecule has 2 N–H and O–H groups in total. The van der Waals surface area contributed by atoms with Gasteiger partial charge in [0.25, 0.3) is 0 Å². The van der Waals surface area contributed by atoms with Gasteiger partial charge in [-0.05, 0) is 18.6 Å². The van der Waals surface area contributed by atoms with Gasteiger partial charge in [0.05, 0.1) is 0 Å². The quantitative estimate of drug-likeness (QED) is 0.739. The van der Waals surface area contributed by atoms with E-state index in [4.69, 9.17) is 12.2 Å². The zero-order chi connectivity index (χ0) is 10.6. The lowest BCUT2D eigenvalue weighted by molar-refractivity contribution is -0.118. The van der Waals surface area contributed by atoms with E-state index in [1.54, 1.807) is 0 Å². The fourth-order valence-corrected chi connectivity index (χ4v) is 1.58. The fraction of sp³-hybridized carbons (Fsp3) is 0.556. The molecule has 0 spiro atoms. The van der Waals surface area contributed by atoms with Gasteiger partial charge in [0.2, 0.25) is 5.91 Å². The Labute approximate surface area is 88.3 Å². The molecule has 5 heteroatoms. The van der Waals surface area contributed by atoms with Crippen LogP contribution in [0.3, 0.4) is 0 Å². The number of aromatic nitrogens is 2. The van der Waals surface area contributed by atoms with E-state index in [-0.39, 0.29) is 5.91 Å². The molecule has 1 amide bonds. The molecule has 0 aliphatic heterocycles. The lowest BCUT2D eigenvalue weighted by atomic mass is 10.3. The maximum atomic E-state index is 10.7. The molecule has 0 aliphatic rings. The summed E-state index contributed by atoms with van der Waals surface area (Å²) in [7, 11) is 0. The van der Waals surface area contributed by atoms with Crippen LogP contribution >= 0.6 is 12.2 Å². The predicted octanol–water partition coefficient (Wildman–Crippen LogP) is 1.24. The average molecular weight is 213 g/mol. The van der Waals surface area contributed by atoms with Gasteiger partial charge in [0.15, 0.2) is 4.77 Å². The molecule has 0 aromatic carbocycles. The topological polar surface area (TPSA) is 49.8 Å². The van der Waals surface area contributed by atoms with Gasteiger partial charge in [-0.3, -0.25) is 4.79 Å². The van der Waals surface area contributed by atoms with Crippen molar-refractivity contribution in [2.75, 3.05) is 6.54 Å². The number of H-pyrrole nitrogens is 1. The summed E-state index contributed by atoms with van der Waals surface area (Å²) in [6.45, 7) is 4.93. The highest BCUT2D eigenvalue weighted by Crippen LogP contribution is 2.01. The molecule has 0 fully saturated rings. The van der Waals surface area contributed by atoms with Crippen LogP contribution in [0.25, 0.3) is 0 Å². The molecule has 0 aliphatic carbocycles. The zero-order valence-electron chi connectivity index (χ0n) is 8.46. The number of rotatable bonds is 4. The van der Waals surface area contributed by atoms with Crippen molar-refractivity contribution >= 4 is 18.1 Å². The third-order valence-electron chi connectivity index (χ3n) is 2.03. The van der Waals surface area contributed by atoms with E-state index in [2.05, 4.69) is 17.2 Å². The van der Waals surface area contributed by atoms with Crippen LogP contribution < -0.4 is 5.32 Å². The van der Waals surface area contributed by atoms with Crippen molar-refractivity contribution in [1.82, 2.24) is 14.9 Å². The second-order valence-corrected chi connectivity index (χ2v) is 3.46. The number of carbonyl (C=O) groups excluding carboxylic acids is 1. The largest absolute Gasteiger partial charge is 0.355 e. The molecule has 0 radical (unpaired) electrons. The Morgan fingerprint density at radius 2 is 2.43 bits per heavy atom. The zero-order valence-corrected chi connectivity index (χ0v) is 9.28. The number of nitrogens with zero attached hydrogens (tertiary/aromatic N) is 1. The van der Waals surface area contributed by atoms with Crippen molar-refractivity contribution < 1.29 is 4.79 Å². The molecule has 1 rings (SSSR count). The Hall–Kier alpha value is -1.10. The van der Waals surface area contributed by atoms with E-state index in [1.807, 2.05) is 10.8 Å². The molecular formula is C9H15N3OS. The molecule has 0 saturated heterocycles. The number of nitrogens with one attached hydrogen (secondary N) is 2. The number of imidazole rings is 1. The Morgan fingerprint density at radius 1 is 1.71 bits per heavy atom. The average Bonchev–Trinajstić information content (AvgIpc) is 2.47. The molecule has 0 bridgehead atoms. The molecule has 4 nitrogen and oxygen atoms in total. The van der Waals surface area contributed by atoms with E-state index >= 15 is 0 Å². The van der Waals surface area contributed by atoms with Crippen LogP contribution in [0.5, 0.6) is 0 Å². The van der Waals surface area contributed by atoms with Crippen LogP contribution in [0.4, 0.5) is 0 Å². The molecule has 0 unspecified atom stereocenters. The van der Waals surface area contributed by atoms with E-state index in [9.17, 15) is 4.79 Å². The summed E-state index contributed by atoms with van der Waals surface area (Å²) in [5, 5.41) is 2.74. The third kappa shape index (κ3) is 2.70. The van der Waals surface area contributed by atoms with E-state index < -0.39 is 0 Å². The summed E-state index contributed by atoms with van der Waals surface area (Å²) in [4.78, 5) is 13.6. The fourth-order valence-electron chi connectivity index (χ4n) is 1.31. The number of hydrogen-bond acceptors (Lipinski definition) is 2. The van der Waals surface area contributed by atoms with E-state index in [1.165, 1.54) is 12.6 Å². The molecule has 14 heavy (non-hydrogen) atoms. The first-order chi connectivity index (χ1) is 6.65. The monoisotopic (exact) mass is 213 g/mol. The summed E-state index contributed by atoms with van der Waals surface area (Å²) in [5.74, 6) is -0.00916. The molecule has 1 aromatic rings. The Balaban J connectivity index is 2.61. The van der Waals surface area contributed by atoms with E-state index in [0.29, 0.717) is 11.3 Å². The Morgan fingerprint density at radius 3 is 3.00 bits per heavy atom. The molecule has 1 aromatic heterocycles. The summed E-state index contributed by atoms with van der Waals surface area (Å²) >= 11 is 5.11. The summed E-state index contributed by atoms with van der Waals surface area (Å²) in [6, 6.07) is 0.